The summed E-state index contributed by atoms with van der Waals surface area (Å²) in [5.74, 6) is 0.682. The molecule has 0 radical (unpaired) electrons. The van der Waals surface area contributed by atoms with Gasteiger partial charge in [-0.25, -0.2) is 10.6 Å². The number of nitrogens with zero attached hydrogens (tertiary/aromatic N) is 1. The molecular formula is C19H17N3O4. The van der Waals surface area contributed by atoms with Gasteiger partial charge in [-0.3, -0.25) is 4.79 Å². The SMILES string of the molecule is Cc1ccc(-c2ccc(C=NNC(=O)c3cccc([NH+]([O-])O)c3)o2)cc1. The van der Waals surface area contributed by atoms with Crippen molar-refractivity contribution in [1.82, 2.24) is 5.43 Å². The Kier molecular flexibility index (Phi) is 5.23. The zero-order valence-electron chi connectivity index (χ0n) is 14.0. The predicted molar refractivity (Wildman–Crippen MR) is 96.2 cm³/mol. The number of benzene rings is 2. The van der Waals surface area contributed by atoms with Gasteiger partial charge in [0, 0.05) is 23.3 Å². The summed E-state index contributed by atoms with van der Waals surface area (Å²) < 4.78 is 5.67. The lowest BCUT2D eigenvalue weighted by molar-refractivity contribution is -0.991. The van der Waals surface area contributed by atoms with Crippen LogP contribution in [0.2, 0.25) is 0 Å². The summed E-state index contributed by atoms with van der Waals surface area (Å²) in [5, 5.41) is 22.6. The Morgan fingerprint density at radius 1 is 1.19 bits per heavy atom. The summed E-state index contributed by atoms with van der Waals surface area (Å²) in [7, 11) is 0. The summed E-state index contributed by atoms with van der Waals surface area (Å²) in [6.45, 7) is 2.01. The van der Waals surface area contributed by atoms with E-state index in [4.69, 9.17) is 9.62 Å². The smallest absolute Gasteiger partial charge is 0.271 e. The van der Waals surface area contributed by atoms with Gasteiger partial charge < -0.3 is 9.62 Å². The van der Waals surface area contributed by atoms with Crippen LogP contribution in [-0.2, 0) is 0 Å². The number of quaternary nitrogens is 1. The maximum absolute atomic E-state index is 12.0. The van der Waals surface area contributed by atoms with E-state index in [2.05, 4.69) is 10.5 Å². The molecule has 1 amide bonds. The molecule has 1 aromatic heterocycles. The number of amides is 1. The second-order valence-corrected chi connectivity index (χ2v) is 5.65. The molecule has 3 N–H and O–H groups in total. The average molecular weight is 351 g/mol. The Morgan fingerprint density at radius 3 is 2.69 bits per heavy atom. The zero-order valence-corrected chi connectivity index (χ0v) is 14.0. The van der Waals surface area contributed by atoms with Crippen molar-refractivity contribution in [2.45, 2.75) is 6.92 Å². The molecule has 3 aromatic rings. The molecule has 132 valence electrons. The van der Waals surface area contributed by atoms with E-state index in [9.17, 15) is 10.0 Å². The summed E-state index contributed by atoms with van der Waals surface area (Å²) in [6.07, 6.45) is 1.39. The number of hydrogen-bond acceptors (Lipinski definition) is 5. The van der Waals surface area contributed by atoms with Crippen LogP contribution < -0.4 is 10.7 Å². The lowest BCUT2D eigenvalue weighted by Gasteiger charge is -2.11. The highest BCUT2D eigenvalue weighted by atomic mass is 16.8. The maximum Gasteiger partial charge on any atom is 0.271 e. The van der Waals surface area contributed by atoms with Crippen LogP contribution >= 0.6 is 0 Å². The highest BCUT2D eigenvalue weighted by molar-refractivity contribution is 5.95. The minimum absolute atomic E-state index is 0.0374. The number of carbonyl (C=O) groups is 1. The van der Waals surface area contributed by atoms with Crippen LogP contribution in [0.1, 0.15) is 21.7 Å². The maximum atomic E-state index is 12.0. The van der Waals surface area contributed by atoms with Crippen LogP contribution in [0.25, 0.3) is 11.3 Å². The first-order valence-corrected chi connectivity index (χ1v) is 7.86. The van der Waals surface area contributed by atoms with Crippen LogP contribution in [0.3, 0.4) is 0 Å². The van der Waals surface area contributed by atoms with Crippen molar-refractivity contribution < 1.29 is 19.6 Å². The van der Waals surface area contributed by atoms with E-state index in [0.717, 1.165) is 11.1 Å². The molecule has 0 aliphatic rings. The number of furan rings is 1. The minimum atomic E-state index is -1.10. The first kappa shape index (κ1) is 17.6. The molecule has 0 fully saturated rings. The van der Waals surface area contributed by atoms with Crippen molar-refractivity contribution in [3.63, 3.8) is 0 Å². The Morgan fingerprint density at radius 2 is 1.96 bits per heavy atom. The van der Waals surface area contributed by atoms with Crippen molar-refractivity contribution >= 4 is 17.8 Å². The van der Waals surface area contributed by atoms with Crippen LogP contribution in [0.15, 0.2) is 70.2 Å². The molecule has 26 heavy (non-hydrogen) atoms. The second kappa shape index (κ2) is 7.75. The van der Waals surface area contributed by atoms with Crippen molar-refractivity contribution in [3.8, 4) is 11.3 Å². The molecule has 2 aromatic carbocycles. The first-order valence-electron chi connectivity index (χ1n) is 7.86. The van der Waals surface area contributed by atoms with Gasteiger partial charge in [-0.1, -0.05) is 35.9 Å². The monoisotopic (exact) mass is 351 g/mol. The summed E-state index contributed by atoms with van der Waals surface area (Å²) in [4.78, 5) is 12.0. The fourth-order valence-corrected chi connectivity index (χ4v) is 2.31. The molecule has 0 saturated heterocycles. The molecule has 7 nitrogen and oxygen atoms in total. The van der Waals surface area contributed by atoms with E-state index < -0.39 is 11.1 Å². The molecule has 0 saturated carbocycles. The normalized spacial score (nSPS) is 12.3. The Balaban J connectivity index is 1.64. The molecule has 1 heterocycles. The molecule has 7 heteroatoms. The number of aryl methyl sites for hydroxylation is 1. The third kappa shape index (κ3) is 4.22. The van der Waals surface area contributed by atoms with E-state index in [1.54, 1.807) is 6.07 Å². The number of hydrazone groups is 1. The van der Waals surface area contributed by atoms with Gasteiger partial charge in [0.15, 0.2) is 5.69 Å². The number of rotatable bonds is 5. The third-order valence-corrected chi connectivity index (χ3v) is 3.69. The van der Waals surface area contributed by atoms with Gasteiger partial charge in [0.05, 0.1) is 6.21 Å². The van der Waals surface area contributed by atoms with E-state index in [1.165, 1.54) is 30.5 Å². The van der Waals surface area contributed by atoms with E-state index in [0.29, 0.717) is 11.5 Å². The largest absolute Gasteiger partial charge is 0.595 e. The molecule has 0 spiro atoms. The number of nitrogens with one attached hydrogen (secondary N) is 2. The first-order chi connectivity index (χ1) is 12.5. The lowest BCUT2D eigenvalue weighted by Crippen LogP contribution is -2.99. The Bertz CT molecular complexity index is 930. The fourth-order valence-electron chi connectivity index (χ4n) is 2.31. The lowest BCUT2D eigenvalue weighted by atomic mass is 10.1. The molecular weight excluding hydrogens is 334 g/mol. The van der Waals surface area contributed by atoms with Gasteiger partial charge in [-0.2, -0.15) is 10.3 Å². The van der Waals surface area contributed by atoms with Gasteiger partial charge in [0.25, 0.3) is 5.91 Å². The van der Waals surface area contributed by atoms with Gasteiger partial charge in [-0.05, 0) is 25.1 Å². The molecule has 1 atom stereocenters. The van der Waals surface area contributed by atoms with Crippen LogP contribution in [-0.4, -0.2) is 17.3 Å². The minimum Gasteiger partial charge on any atom is -0.595 e. The van der Waals surface area contributed by atoms with Crippen molar-refractivity contribution in [1.29, 1.82) is 0 Å². The van der Waals surface area contributed by atoms with E-state index in [1.807, 2.05) is 37.3 Å². The quantitative estimate of drug-likeness (QED) is 0.485. The molecule has 0 aliphatic heterocycles. The van der Waals surface area contributed by atoms with Gasteiger partial charge in [0.2, 0.25) is 0 Å². The van der Waals surface area contributed by atoms with Crippen LogP contribution in [0.4, 0.5) is 5.69 Å². The van der Waals surface area contributed by atoms with Crippen molar-refractivity contribution in [2.24, 2.45) is 5.10 Å². The second-order valence-electron chi connectivity index (χ2n) is 5.65. The van der Waals surface area contributed by atoms with Gasteiger partial charge in [-0.15, -0.1) is 0 Å². The molecule has 0 aliphatic carbocycles. The van der Waals surface area contributed by atoms with Crippen LogP contribution in [0, 0.1) is 12.1 Å². The average Bonchev–Trinajstić information content (AvgIpc) is 3.11. The highest BCUT2D eigenvalue weighted by Gasteiger charge is 2.08. The summed E-state index contributed by atoms with van der Waals surface area (Å²) in [5.41, 5.74) is 4.71. The van der Waals surface area contributed by atoms with Gasteiger partial charge >= 0.3 is 0 Å². The van der Waals surface area contributed by atoms with Crippen LogP contribution in [0.5, 0.6) is 0 Å². The topological polar surface area (TPSA) is 102 Å². The molecule has 0 bridgehead atoms. The van der Waals surface area contributed by atoms with E-state index in [-0.39, 0.29) is 11.3 Å². The summed E-state index contributed by atoms with van der Waals surface area (Å²) in [6, 6.07) is 17.2. The van der Waals surface area contributed by atoms with Crippen molar-refractivity contribution in [3.05, 3.63) is 82.8 Å². The summed E-state index contributed by atoms with van der Waals surface area (Å²) >= 11 is 0. The van der Waals surface area contributed by atoms with E-state index >= 15 is 0 Å². The number of carbonyl (C=O) groups excluding carboxylic acids is 1. The molecule has 3 rings (SSSR count). The zero-order chi connectivity index (χ0) is 18.5. The van der Waals surface area contributed by atoms with Crippen molar-refractivity contribution in [2.75, 3.05) is 0 Å². The predicted octanol–water partition coefficient (Wildman–Crippen LogP) is 2.42. The highest BCUT2D eigenvalue weighted by Crippen LogP contribution is 2.21. The Hall–Kier alpha value is -3.26. The Labute approximate surface area is 149 Å². The molecule has 1 unspecified atom stereocenters. The van der Waals surface area contributed by atoms with Gasteiger partial charge in [0.1, 0.15) is 11.5 Å². The number of hydrogen-bond donors (Lipinski definition) is 3. The fraction of sp³-hybridized carbons (Fsp3) is 0.0526. The standard InChI is InChI=1S/C19H17N3O4/c1-13-5-7-14(8-6-13)18-10-9-17(26-18)12-20-21-19(23)15-3-2-4-16(11-15)22(24)25/h2-12,22,24H,1H3,(H,21,23). The third-order valence-electron chi connectivity index (χ3n) is 3.69.